The maximum Gasteiger partial charge on any atom is 0.243 e. The van der Waals surface area contributed by atoms with Crippen LogP contribution in [0.15, 0.2) is 47.4 Å². The van der Waals surface area contributed by atoms with Gasteiger partial charge in [0.2, 0.25) is 11.8 Å². The number of rotatable bonds is 5. The lowest BCUT2D eigenvalue weighted by Crippen LogP contribution is -2.43. The van der Waals surface area contributed by atoms with Crippen molar-refractivity contribution in [3.05, 3.63) is 53.6 Å². The summed E-state index contributed by atoms with van der Waals surface area (Å²) in [6, 6.07) is 14.0. The highest BCUT2D eigenvalue weighted by atomic mass is 32.2. The first-order chi connectivity index (χ1) is 13.0. The third kappa shape index (κ3) is 4.63. The monoisotopic (exact) mass is 383 g/mol. The van der Waals surface area contributed by atoms with Crippen LogP contribution in [0.3, 0.4) is 0 Å². The third-order valence-electron chi connectivity index (χ3n) is 4.70. The zero-order valence-electron chi connectivity index (χ0n) is 16.0. The van der Waals surface area contributed by atoms with Gasteiger partial charge in [0.1, 0.15) is 0 Å². The quantitative estimate of drug-likeness (QED) is 0.861. The summed E-state index contributed by atoms with van der Waals surface area (Å²) in [6.45, 7) is 5.07. The molecular weight excluding hydrogens is 358 g/mol. The van der Waals surface area contributed by atoms with E-state index in [4.69, 9.17) is 0 Å². The molecule has 2 amide bonds. The number of anilines is 2. The summed E-state index contributed by atoms with van der Waals surface area (Å²) in [6.07, 6.45) is 0. The molecule has 1 aliphatic rings. The lowest BCUT2D eigenvalue weighted by molar-refractivity contribution is -0.132. The van der Waals surface area contributed by atoms with Crippen LogP contribution >= 0.6 is 11.8 Å². The molecule has 0 atom stereocenters. The number of aryl methyl sites for hydroxylation is 2. The molecule has 0 saturated carbocycles. The van der Waals surface area contributed by atoms with Gasteiger partial charge in [-0.25, -0.2) is 0 Å². The number of nitrogens with one attached hydrogen (secondary N) is 1. The largest absolute Gasteiger partial charge is 0.360 e. The Labute approximate surface area is 164 Å². The zero-order valence-corrected chi connectivity index (χ0v) is 16.8. The third-order valence-corrected chi connectivity index (χ3v) is 5.75. The number of likely N-dealkylation sites (N-methyl/N-ethyl adjacent to an activating group) is 1. The van der Waals surface area contributed by atoms with Crippen molar-refractivity contribution in [1.82, 2.24) is 4.90 Å². The van der Waals surface area contributed by atoms with Gasteiger partial charge < -0.3 is 15.1 Å². The molecule has 27 heavy (non-hydrogen) atoms. The van der Waals surface area contributed by atoms with E-state index in [2.05, 4.69) is 16.3 Å². The number of thioether (sulfide) groups is 1. The van der Waals surface area contributed by atoms with Gasteiger partial charge in [0.15, 0.2) is 0 Å². The van der Waals surface area contributed by atoms with E-state index in [1.807, 2.05) is 62.0 Å². The van der Waals surface area contributed by atoms with Crippen LogP contribution in [0.1, 0.15) is 11.1 Å². The maximum atomic E-state index is 12.6. The van der Waals surface area contributed by atoms with Gasteiger partial charge in [-0.3, -0.25) is 9.59 Å². The Kier molecular flexibility index (Phi) is 6.06. The van der Waals surface area contributed by atoms with Crippen molar-refractivity contribution in [3.63, 3.8) is 0 Å². The molecule has 1 N–H and O–H groups in total. The minimum absolute atomic E-state index is 0.0385. The average molecular weight is 384 g/mol. The topological polar surface area (TPSA) is 52.7 Å². The molecule has 1 aliphatic heterocycles. The Morgan fingerprint density at radius 3 is 2.56 bits per heavy atom. The number of hydrogen-bond donors (Lipinski definition) is 1. The van der Waals surface area contributed by atoms with Crippen molar-refractivity contribution in [1.29, 1.82) is 0 Å². The van der Waals surface area contributed by atoms with Crippen molar-refractivity contribution in [2.45, 2.75) is 18.7 Å². The Morgan fingerprint density at radius 2 is 1.81 bits per heavy atom. The predicted octanol–water partition coefficient (Wildman–Crippen LogP) is 3.31. The summed E-state index contributed by atoms with van der Waals surface area (Å²) < 4.78 is 0. The molecule has 2 aromatic carbocycles. The van der Waals surface area contributed by atoms with E-state index in [9.17, 15) is 9.59 Å². The van der Waals surface area contributed by atoms with E-state index in [-0.39, 0.29) is 24.9 Å². The van der Waals surface area contributed by atoms with Crippen molar-refractivity contribution >= 4 is 35.0 Å². The second-order valence-electron chi connectivity index (χ2n) is 6.80. The first-order valence-electron chi connectivity index (χ1n) is 9.02. The Balaban J connectivity index is 1.59. The van der Waals surface area contributed by atoms with Crippen LogP contribution in [0.2, 0.25) is 0 Å². The fourth-order valence-corrected chi connectivity index (χ4v) is 4.22. The number of benzene rings is 2. The lowest BCUT2D eigenvalue weighted by Gasteiger charge is -2.31. The minimum Gasteiger partial charge on any atom is -0.360 e. The van der Waals surface area contributed by atoms with Gasteiger partial charge in [-0.05, 0) is 37.1 Å². The van der Waals surface area contributed by atoms with E-state index in [1.54, 1.807) is 7.05 Å². The van der Waals surface area contributed by atoms with E-state index in [0.717, 1.165) is 34.8 Å². The molecule has 0 unspecified atom stereocenters. The van der Waals surface area contributed by atoms with Gasteiger partial charge in [-0.15, -0.1) is 11.8 Å². The van der Waals surface area contributed by atoms with Gasteiger partial charge in [0.05, 0.1) is 18.8 Å². The number of amides is 2. The summed E-state index contributed by atoms with van der Waals surface area (Å²) >= 11 is 1.81. The van der Waals surface area contributed by atoms with Gasteiger partial charge >= 0.3 is 0 Å². The fourth-order valence-electron chi connectivity index (χ4n) is 3.17. The maximum absolute atomic E-state index is 12.6. The first-order valence-corrected chi connectivity index (χ1v) is 10.0. The summed E-state index contributed by atoms with van der Waals surface area (Å²) in [4.78, 5) is 29.8. The summed E-state index contributed by atoms with van der Waals surface area (Å²) in [5.41, 5.74) is 3.94. The molecule has 0 radical (unpaired) electrons. The fraction of sp³-hybridized carbons (Fsp3) is 0.333. The summed E-state index contributed by atoms with van der Waals surface area (Å²) in [5, 5.41) is 2.93. The van der Waals surface area contributed by atoms with Gasteiger partial charge in [0.25, 0.3) is 0 Å². The highest BCUT2D eigenvalue weighted by Crippen LogP contribution is 2.34. The standard InChI is InChI=1S/C21H25N3O2S/c1-15-7-6-8-16(2)21(15)22-19(25)13-23(3)20(26)14-24-11-12-27-18-10-5-4-9-17(18)24/h4-10H,11-14H2,1-3H3,(H,22,25). The van der Waals surface area contributed by atoms with Crippen LogP contribution in [0.25, 0.3) is 0 Å². The molecule has 0 bridgehead atoms. The number of fused-ring (bicyclic) bond motifs is 1. The molecule has 0 aromatic heterocycles. The molecule has 142 valence electrons. The number of para-hydroxylation sites is 2. The molecule has 3 rings (SSSR count). The normalized spacial score (nSPS) is 13.1. The Hall–Kier alpha value is -2.47. The van der Waals surface area contributed by atoms with E-state index in [0.29, 0.717) is 0 Å². The molecule has 2 aromatic rings. The first kappa shape index (κ1) is 19.3. The number of carbonyl (C=O) groups is 2. The van der Waals surface area contributed by atoms with Crippen molar-refractivity contribution < 1.29 is 9.59 Å². The lowest BCUT2D eigenvalue weighted by atomic mass is 10.1. The number of carbonyl (C=O) groups excluding carboxylic acids is 2. The smallest absolute Gasteiger partial charge is 0.243 e. The van der Waals surface area contributed by atoms with Crippen LogP contribution in [-0.4, -0.2) is 49.1 Å². The second kappa shape index (κ2) is 8.48. The highest BCUT2D eigenvalue weighted by Gasteiger charge is 2.22. The van der Waals surface area contributed by atoms with Gasteiger partial charge in [-0.2, -0.15) is 0 Å². The number of hydrogen-bond acceptors (Lipinski definition) is 4. The molecule has 1 heterocycles. The van der Waals surface area contributed by atoms with Crippen molar-refractivity contribution in [2.24, 2.45) is 0 Å². The van der Waals surface area contributed by atoms with Crippen LogP contribution < -0.4 is 10.2 Å². The molecule has 0 aliphatic carbocycles. The Bertz CT molecular complexity index is 833. The number of nitrogens with zero attached hydrogens (tertiary/aromatic N) is 2. The molecular formula is C21H25N3O2S. The van der Waals surface area contributed by atoms with Crippen LogP contribution in [0.4, 0.5) is 11.4 Å². The van der Waals surface area contributed by atoms with Crippen molar-refractivity contribution in [2.75, 3.05) is 42.7 Å². The van der Waals surface area contributed by atoms with Crippen molar-refractivity contribution in [3.8, 4) is 0 Å². The second-order valence-corrected chi connectivity index (χ2v) is 7.94. The van der Waals surface area contributed by atoms with Crippen LogP contribution in [-0.2, 0) is 9.59 Å². The van der Waals surface area contributed by atoms with Gasteiger partial charge in [-0.1, -0.05) is 30.3 Å². The summed E-state index contributed by atoms with van der Waals surface area (Å²) in [5.74, 6) is 0.715. The van der Waals surface area contributed by atoms with Crippen LogP contribution in [0, 0.1) is 13.8 Å². The van der Waals surface area contributed by atoms with E-state index < -0.39 is 0 Å². The zero-order chi connectivity index (χ0) is 19.4. The highest BCUT2D eigenvalue weighted by molar-refractivity contribution is 7.99. The minimum atomic E-state index is -0.183. The van der Waals surface area contributed by atoms with Gasteiger partial charge in [0, 0.05) is 29.9 Å². The molecule has 6 heteroatoms. The SMILES string of the molecule is Cc1cccc(C)c1NC(=O)CN(C)C(=O)CN1CCSc2ccccc21. The van der Waals surface area contributed by atoms with Crippen LogP contribution in [0.5, 0.6) is 0 Å². The Morgan fingerprint density at radius 1 is 1.11 bits per heavy atom. The molecule has 5 nitrogen and oxygen atoms in total. The molecule has 0 spiro atoms. The van der Waals surface area contributed by atoms with E-state index >= 15 is 0 Å². The molecule has 0 fully saturated rings. The predicted molar refractivity (Wildman–Crippen MR) is 112 cm³/mol. The summed E-state index contributed by atoms with van der Waals surface area (Å²) in [7, 11) is 1.68. The molecule has 0 saturated heterocycles. The average Bonchev–Trinajstić information content (AvgIpc) is 2.65. The van der Waals surface area contributed by atoms with E-state index in [1.165, 1.54) is 9.80 Å².